The maximum atomic E-state index is 13.5. The van der Waals surface area contributed by atoms with E-state index < -0.39 is 6.16 Å². The van der Waals surface area contributed by atoms with Crippen LogP contribution in [-0.4, -0.2) is 46.7 Å². The van der Waals surface area contributed by atoms with Gasteiger partial charge in [-0.15, -0.1) is 0 Å². The summed E-state index contributed by atoms with van der Waals surface area (Å²) in [5.41, 5.74) is 5.40. The minimum Gasteiger partial charge on any atom is -0.493 e. The molecule has 0 bridgehead atoms. The summed E-state index contributed by atoms with van der Waals surface area (Å²) in [4.78, 5) is 30.3. The molecular formula is C43H40N2O5. The van der Waals surface area contributed by atoms with E-state index in [-0.39, 0.29) is 11.8 Å². The van der Waals surface area contributed by atoms with E-state index in [0.29, 0.717) is 30.9 Å². The zero-order valence-corrected chi connectivity index (χ0v) is 27.9. The minimum absolute atomic E-state index is 0.0643. The standard InChI is InChI=1S/C43H40N2O5/c46-42(45-25-23-32(24-26-45)28-30-10-2-1-3-11-30)35-16-6-12-31(29-35)21-22-34-15-7-18-37-38(41(44-40(34)37)50-43(47)48)19-9-27-49-39-20-8-14-33-13-4-5-17-36(33)39/h1-8,10-18,20-22,29,32,44H,9,19,23-28H2,(H,47,48)/b22-21+. The Morgan fingerprint density at radius 3 is 2.40 bits per heavy atom. The van der Waals surface area contributed by atoms with Crippen molar-refractivity contribution < 1.29 is 24.2 Å². The number of aromatic nitrogens is 1. The summed E-state index contributed by atoms with van der Waals surface area (Å²) in [6.07, 6.45) is 6.89. The SMILES string of the molecule is O=C(O)Oc1[nH]c2c(/C=C/c3cccc(C(=O)N4CCC(Cc5ccccc5)CC4)c3)cccc2c1CCCOc1cccc2ccccc12. The summed E-state index contributed by atoms with van der Waals surface area (Å²) < 4.78 is 11.4. The first-order chi connectivity index (χ1) is 24.5. The summed E-state index contributed by atoms with van der Waals surface area (Å²) in [7, 11) is 0. The predicted octanol–water partition coefficient (Wildman–Crippen LogP) is 9.65. The quantitative estimate of drug-likeness (QED) is 0.0818. The molecule has 0 unspecified atom stereocenters. The largest absolute Gasteiger partial charge is 0.512 e. The lowest BCUT2D eigenvalue weighted by atomic mass is 9.90. The normalized spacial score (nSPS) is 13.6. The number of H-pyrrole nitrogens is 1. The van der Waals surface area contributed by atoms with E-state index >= 15 is 0 Å². The van der Waals surface area contributed by atoms with Crippen molar-refractivity contribution in [2.45, 2.75) is 32.1 Å². The second-order valence-corrected chi connectivity index (χ2v) is 12.9. The highest BCUT2D eigenvalue weighted by atomic mass is 16.7. The van der Waals surface area contributed by atoms with Crippen LogP contribution in [0.2, 0.25) is 0 Å². The number of hydrogen-bond acceptors (Lipinski definition) is 4. The number of carbonyl (C=O) groups excluding carboxylic acids is 1. The zero-order chi connectivity index (χ0) is 34.3. The third kappa shape index (κ3) is 7.57. The van der Waals surface area contributed by atoms with Crippen molar-refractivity contribution in [3.63, 3.8) is 0 Å². The average Bonchev–Trinajstić information content (AvgIpc) is 3.49. The second-order valence-electron chi connectivity index (χ2n) is 12.9. The number of piperidine rings is 1. The fraction of sp³-hybridized carbons (Fsp3) is 0.209. The number of hydrogen-bond donors (Lipinski definition) is 2. The molecule has 0 saturated carbocycles. The van der Waals surface area contributed by atoms with Gasteiger partial charge in [0.2, 0.25) is 5.88 Å². The summed E-state index contributed by atoms with van der Waals surface area (Å²) in [5, 5.41) is 12.6. The molecule has 252 valence electrons. The molecule has 2 heterocycles. The van der Waals surface area contributed by atoms with Crippen LogP contribution in [-0.2, 0) is 12.8 Å². The molecule has 0 radical (unpaired) electrons. The van der Waals surface area contributed by atoms with Crippen LogP contribution < -0.4 is 9.47 Å². The number of ether oxygens (including phenoxy) is 2. The van der Waals surface area contributed by atoms with Crippen LogP contribution in [0.4, 0.5) is 4.79 Å². The number of nitrogens with zero attached hydrogens (tertiary/aromatic N) is 1. The molecule has 1 aromatic heterocycles. The summed E-state index contributed by atoms with van der Waals surface area (Å²) in [6, 6.07) is 38.3. The third-order valence-corrected chi connectivity index (χ3v) is 9.56. The van der Waals surface area contributed by atoms with Gasteiger partial charge in [0.25, 0.3) is 5.91 Å². The average molecular weight is 665 g/mol. The second kappa shape index (κ2) is 15.2. The highest BCUT2D eigenvalue weighted by Gasteiger charge is 2.24. The molecule has 0 atom stereocenters. The predicted molar refractivity (Wildman–Crippen MR) is 199 cm³/mol. The van der Waals surface area contributed by atoms with E-state index in [1.165, 1.54) is 5.56 Å². The molecule has 1 fully saturated rings. The first-order valence-electron chi connectivity index (χ1n) is 17.3. The van der Waals surface area contributed by atoms with Gasteiger partial charge in [-0.05, 0) is 78.3 Å². The Morgan fingerprint density at radius 2 is 1.56 bits per heavy atom. The number of amides is 1. The van der Waals surface area contributed by atoms with Crippen molar-refractivity contribution in [1.29, 1.82) is 0 Å². The number of aromatic amines is 1. The summed E-state index contributed by atoms with van der Waals surface area (Å²) in [5.74, 6) is 1.70. The van der Waals surface area contributed by atoms with E-state index in [1.54, 1.807) is 0 Å². The number of nitrogens with one attached hydrogen (secondary N) is 1. The van der Waals surface area contributed by atoms with Gasteiger partial charge in [0, 0.05) is 35.0 Å². The Hall–Kier alpha value is -5.82. The Morgan fingerprint density at radius 1 is 0.820 bits per heavy atom. The Bertz CT molecular complexity index is 2140. The fourth-order valence-corrected chi connectivity index (χ4v) is 7.02. The van der Waals surface area contributed by atoms with Gasteiger partial charge in [0.1, 0.15) is 5.75 Å². The number of benzene rings is 5. The zero-order valence-electron chi connectivity index (χ0n) is 27.9. The molecule has 0 aliphatic carbocycles. The number of likely N-dealkylation sites (tertiary alicyclic amines) is 1. The van der Waals surface area contributed by atoms with Crippen molar-refractivity contribution in [2.75, 3.05) is 19.7 Å². The van der Waals surface area contributed by atoms with Gasteiger partial charge >= 0.3 is 6.16 Å². The molecule has 6 aromatic rings. The Kier molecular flexibility index (Phi) is 9.92. The number of para-hydroxylation sites is 1. The number of aryl methyl sites for hydroxylation is 1. The molecule has 1 saturated heterocycles. The number of rotatable bonds is 11. The molecule has 7 heteroatoms. The Balaban J connectivity index is 1.03. The molecule has 50 heavy (non-hydrogen) atoms. The lowest BCUT2D eigenvalue weighted by Crippen LogP contribution is -2.38. The van der Waals surface area contributed by atoms with Crippen LogP contribution in [0.5, 0.6) is 11.6 Å². The highest BCUT2D eigenvalue weighted by Crippen LogP contribution is 2.33. The number of fused-ring (bicyclic) bond motifs is 2. The summed E-state index contributed by atoms with van der Waals surface area (Å²) in [6.45, 7) is 2.00. The van der Waals surface area contributed by atoms with Crippen LogP contribution in [0.1, 0.15) is 51.9 Å². The molecule has 0 spiro atoms. The first kappa shape index (κ1) is 32.7. The lowest BCUT2D eigenvalue weighted by Gasteiger charge is -2.32. The highest BCUT2D eigenvalue weighted by molar-refractivity contribution is 5.97. The minimum atomic E-state index is -1.37. The van der Waals surface area contributed by atoms with Crippen LogP contribution in [0.25, 0.3) is 33.8 Å². The maximum absolute atomic E-state index is 13.5. The Labute approximate surface area is 291 Å². The monoisotopic (exact) mass is 664 g/mol. The fourth-order valence-electron chi connectivity index (χ4n) is 7.02. The molecule has 5 aromatic carbocycles. The molecule has 1 aliphatic heterocycles. The van der Waals surface area contributed by atoms with Crippen molar-refractivity contribution >= 4 is 45.9 Å². The van der Waals surface area contributed by atoms with E-state index in [1.807, 2.05) is 95.9 Å². The maximum Gasteiger partial charge on any atom is 0.512 e. The lowest BCUT2D eigenvalue weighted by molar-refractivity contribution is 0.0690. The van der Waals surface area contributed by atoms with Gasteiger partial charge < -0.3 is 24.5 Å². The van der Waals surface area contributed by atoms with Gasteiger partial charge in [0.05, 0.1) is 12.1 Å². The molecule has 2 N–H and O–H groups in total. The number of carbonyl (C=O) groups is 2. The van der Waals surface area contributed by atoms with Crippen molar-refractivity contribution in [3.05, 3.63) is 143 Å². The van der Waals surface area contributed by atoms with E-state index in [9.17, 15) is 14.7 Å². The van der Waals surface area contributed by atoms with Crippen LogP contribution >= 0.6 is 0 Å². The van der Waals surface area contributed by atoms with E-state index in [2.05, 4.69) is 41.4 Å². The van der Waals surface area contributed by atoms with Crippen molar-refractivity contribution in [3.8, 4) is 11.6 Å². The molecule has 1 amide bonds. The molecule has 7 nitrogen and oxygen atoms in total. The van der Waals surface area contributed by atoms with Crippen LogP contribution in [0.3, 0.4) is 0 Å². The smallest absolute Gasteiger partial charge is 0.493 e. The number of carboxylic acid groups (broad SMARTS) is 1. The van der Waals surface area contributed by atoms with Gasteiger partial charge in [-0.25, -0.2) is 4.79 Å². The van der Waals surface area contributed by atoms with Crippen molar-refractivity contribution in [2.24, 2.45) is 5.92 Å². The van der Waals surface area contributed by atoms with Gasteiger partial charge in [-0.2, -0.15) is 0 Å². The van der Waals surface area contributed by atoms with Gasteiger partial charge in [-0.3, -0.25) is 4.79 Å². The van der Waals surface area contributed by atoms with E-state index in [0.717, 1.165) is 76.5 Å². The van der Waals surface area contributed by atoms with E-state index in [4.69, 9.17) is 9.47 Å². The molecule has 1 aliphatic rings. The van der Waals surface area contributed by atoms with Gasteiger partial charge in [-0.1, -0.05) is 109 Å². The van der Waals surface area contributed by atoms with Crippen LogP contribution in [0, 0.1) is 5.92 Å². The topological polar surface area (TPSA) is 91.9 Å². The first-order valence-corrected chi connectivity index (χ1v) is 17.3. The van der Waals surface area contributed by atoms with Gasteiger partial charge in [0.15, 0.2) is 0 Å². The molecule has 7 rings (SSSR count). The molecular weight excluding hydrogens is 624 g/mol. The van der Waals surface area contributed by atoms with Crippen molar-refractivity contribution in [1.82, 2.24) is 9.88 Å². The summed E-state index contributed by atoms with van der Waals surface area (Å²) >= 11 is 0. The third-order valence-electron chi connectivity index (χ3n) is 9.56. The van der Waals surface area contributed by atoms with Crippen LogP contribution in [0.15, 0.2) is 115 Å².